The van der Waals surface area contributed by atoms with Crippen LogP contribution in [0, 0.1) is 5.82 Å². The largest absolute Gasteiger partial charge is 0.484 e. The highest BCUT2D eigenvalue weighted by Gasteiger charge is 2.31. The van der Waals surface area contributed by atoms with E-state index in [-0.39, 0.29) is 24.4 Å². The summed E-state index contributed by atoms with van der Waals surface area (Å²) in [6.07, 6.45) is 0. The SMILES string of the molecule is COCc1nnc2n1CCN(C(=O)COc1ccc(F)cc1)C2C. The lowest BCUT2D eigenvalue weighted by Gasteiger charge is -2.33. The summed E-state index contributed by atoms with van der Waals surface area (Å²) < 4.78 is 25.4. The quantitative estimate of drug-likeness (QED) is 0.830. The van der Waals surface area contributed by atoms with E-state index in [1.165, 1.54) is 24.3 Å². The van der Waals surface area contributed by atoms with Crippen molar-refractivity contribution in [1.82, 2.24) is 19.7 Å². The molecule has 24 heavy (non-hydrogen) atoms. The number of benzene rings is 1. The second kappa shape index (κ2) is 6.96. The Morgan fingerprint density at radius 1 is 1.29 bits per heavy atom. The van der Waals surface area contributed by atoms with E-state index >= 15 is 0 Å². The first-order valence-electron chi connectivity index (χ1n) is 7.69. The molecule has 0 saturated carbocycles. The Balaban J connectivity index is 1.64. The van der Waals surface area contributed by atoms with Gasteiger partial charge in [-0.25, -0.2) is 4.39 Å². The minimum Gasteiger partial charge on any atom is -0.484 e. The number of carbonyl (C=O) groups excluding carboxylic acids is 1. The molecule has 1 aromatic heterocycles. The van der Waals surface area contributed by atoms with Crippen LogP contribution in [0.25, 0.3) is 0 Å². The number of fused-ring (bicyclic) bond motifs is 1. The smallest absolute Gasteiger partial charge is 0.261 e. The highest BCUT2D eigenvalue weighted by Crippen LogP contribution is 2.24. The first kappa shape index (κ1) is 16.4. The number of rotatable bonds is 5. The number of nitrogens with zero attached hydrogens (tertiary/aromatic N) is 4. The Labute approximate surface area is 139 Å². The number of hydrogen-bond donors (Lipinski definition) is 0. The molecule has 8 heteroatoms. The Morgan fingerprint density at radius 3 is 2.75 bits per heavy atom. The number of aromatic nitrogens is 3. The van der Waals surface area contributed by atoms with Crippen LogP contribution in [0.4, 0.5) is 4.39 Å². The van der Waals surface area contributed by atoms with Crippen LogP contribution in [0.15, 0.2) is 24.3 Å². The lowest BCUT2D eigenvalue weighted by atomic mass is 10.2. The van der Waals surface area contributed by atoms with Gasteiger partial charge in [-0.3, -0.25) is 4.79 Å². The highest BCUT2D eigenvalue weighted by atomic mass is 19.1. The summed E-state index contributed by atoms with van der Waals surface area (Å²) in [5.41, 5.74) is 0. The van der Waals surface area contributed by atoms with E-state index in [9.17, 15) is 9.18 Å². The monoisotopic (exact) mass is 334 g/mol. The molecule has 1 atom stereocenters. The number of amides is 1. The zero-order valence-electron chi connectivity index (χ0n) is 13.6. The van der Waals surface area contributed by atoms with Crippen molar-refractivity contribution in [2.24, 2.45) is 0 Å². The van der Waals surface area contributed by atoms with Crippen LogP contribution in [0.2, 0.25) is 0 Å². The molecule has 0 aliphatic carbocycles. The predicted octanol–water partition coefficient (Wildman–Crippen LogP) is 1.55. The van der Waals surface area contributed by atoms with E-state index in [1.54, 1.807) is 12.0 Å². The fourth-order valence-electron chi connectivity index (χ4n) is 2.78. The van der Waals surface area contributed by atoms with Crippen molar-refractivity contribution >= 4 is 5.91 Å². The molecule has 0 spiro atoms. The van der Waals surface area contributed by atoms with Gasteiger partial charge in [-0.2, -0.15) is 0 Å². The Hall–Kier alpha value is -2.48. The third kappa shape index (κ3) is 3.23. The third-order valence-electron chi connectivity index (χ3n) is 4.03. The minimum atomic E-state index is -0.343. The summed E-state index contributed by atoms with van der Waals surface area (Å²) in [5, 5.41) is 8.29. The molecular formula is C16H19FN4O3. The Bertz CT molecular complexity index is 717. The minimum absolute atomic E-state index is 0.102. The van der Waals surface area contributed by atoms with Crippen LogP contribution in [0.3, 0.4) is 0 Å². The van der Waals surface area contributed by atoms with Gasteiger partial charge >= 0.3 is 0 Å². The van der Waals surface area contributed by atoms with E-state index in [0.717, 1.165) is 11.6 Å². The standard InChI is InChI=1S/C16H19FN4O3/c1-11-16-19-18-14(9-23-2)21(16)8-7-20(11)15(22)10-24-13-5-3-12(17)4-6-13/h3-6,11H,7-10H2,1-2H3. The van der Waals surface area contributed by atoms with Gasteiger partial charge in [0.25, 0.3) is 5.91 Å². The highest BCUT2D eigenvalue weighted by molar-refractivity contribution is 5.78. The van der Waals surface area contributed by atoms with Crippen molar-refractivity contribution in [2.45, 2.75) is 26.1 Å². The second-order valence-electron chi connectivity index (χ2n) is 5.56. The van der Waals surface area contributed by atoms with Crippen LogP contribution >= 0.6 is 0 Å². The first-order chi connectivity index (χ1) is 11.6. The summed E-state index contributed by atoms with van der Waals surface area (Å²) in [7, 11) is 1.61. The molecule has 0 fully saturated rings. The summed E-state index contributed by atoms with van der Waals surface area (Å²) >= 11 is 0. The number of carbonyl (C=O) groups is 1. The van der Waals surface area contributed by atoms with E-state index < -0.39 is 0 Å². The summed E-state index contributed by atoms with van der Waals surface area (Å²) in [6, 6.07) is 5.39. The van der Waals surface area contributed by atoms with Gasteiger partial charge in [0.05, 0.1) is 6.04 Å². The molecule has 1 aliphatic rings. The summed E-state index contributed by atoms with van der Waals surface area (Å²) in [5.74, 6) is 1.47. The van der Waals surface area contributed by atoms with Gasteiger partial charge in [0.2, 0.25) is 0 Å². The van der Waals surface area contributed by atoms with E-state index in [1.807, 2.05) is 11.5 Å². The van der Waals surface area contributed by atoms with Crippen molar-refractivity contribution in [1.29, 1.82) is 0 Å². The van der Waals surface area contributed by atoms with Crippen molar-refractivity contribution < 1.29 is 18.7 Å². The normalized spacial score (nSPS) is 16.8. The van der Waals surface area contributed by atoms with Crippen LogP contribution < -0.4 is 4.74 Å². The van der Waals surface area contributed by atoms with Crippen molar-refractivity contribution in [3.8, 4) is 5.75 Å². The molecule has 3 rings (SSSR count). The Morgan fingerprint density at radius 2 is 2.04 bits per heavy atom. The predicted molar refractivity (Wildman–Crippen MR) is 82.8 cm³/mol. The van der Waals surface area contributed by atoms with Crippen molar-refractivity contribution in [2.75, 3.05) is 20.3 Å². The molecule has 1 aliphatic heterocycles. The summed E-state index contributed by atoms with van der Waals surface area (Å²) in [6.45, 7) is 3.37. The van der Waals surface area contributed by atoms with E-state index in [2.05, 4.69) is 10.2 Å². The Kier molecular flexibility index (Phi) is 4.75. The molecular weight excluding hydrogens is 315 g/mol. The molecule has 128 valence electrons. The topological polar surface area (TPSA) is 69.5 Å². The average Bonchev–Trinajstić information content (AvgIpc) is 2.99. The fraction of sp³-hybridized carbons (Fsp3) is 0.438. The molecule has 1 unspecified atom stereocenters. The van der Waals surface area contributed by atoms with Gasteiger partial charge in [-0.1, -0.05) is 0 Å². The van der Waals surface area contributed by atoms with Gasteiger partial charge in [0.1, 0.15) is 18.2 Å². The second-order valence-corrected chi connectivity index (χ2v) is 5.56. The lowest BCUT2D eigenvalue weighted by Crippen LogP contribution is -2.43. The maximum atomic E-state index is 12.9. The lowest BCUT2D eigenvalue weighted by molar-refractivity contribution is -0.136. The number of hydrogen-bond acceptors (Lipinski definition) is 5. The first-order valence-corrected chi connectivity index (χ1v) is 7.69. The van der Waals surface area contributed by atoms with Crippen LogP contribution in [0.5, 0.6) is 5.75 Å². The maximum Gasteiger partial charge on any atom is 0.261 e. The van der Waals surface area contributed by atoms with Crippen LogP contribution in [-0.2, 0) is 22.7 Å². The van der Waals surface area contributed by atoms with Gasteiger partial charge < -0.3 is 18.9 Å². The molecule has 1 amide bonds. The van der Waals surface area contributed by atoms with Gasteiger partial charge in [-0.05, 0) is 31.2 Å². The molecule has 2 aromatic rings. The zero-order valence-corrected chi connectivity index (χ0v) is 13.6. The molecule has 2 heterocycles. The number of methoxy groups -OCH3 is 1. The molecule has 0 N–H and O–H groups in total. The van der Waals surface area contributed by atoms with Gasteiger partial charge in [0, 0.05) is 20.2 Å². The van der Waals surface area contributed by atoms with Crippen molar-refractivity contribution in [3.63, 3.8) is 0 Å². The van der Waals surface area contributed by atoms with E-state index in [4.69, 9.17) is 9.47 Å². The summed E-state index contributed by atoms with van der Waals surface area (Å²) in [4.78, 5) is 14.1. The number of halogens is 1. The van der Waals surface area contributed by atoms with Gasteiger partial charge in [0.15, 0.2) is 18.3 Å². The average molecular weight is 334 g/mol. The van der Waals surface area contributed by atoms with Gasteiger partial charge in [-0.15, -0.1) is 10.2 Å². The molecule has 7 nitrogen and oxygen atoms in total. The maximum absolute atomic E-state index is 12.9. The molecule has 0 saturated heterocycles. The van der Waals surface area contributed by atoms with E-state index in [0.29, 0.717) is 25.4 Å². The van der Waals surface area contributed by atoms with Crippen molar-refractivity contribution in [3.05, 3.63) is 41.7 Å². The van der Waals surface area contributed by atoms with Crippen LogP contribution in [-0.4, -0.2) is 45.8 Å². The zero-order chi connectivity index (χ0) is 17.1. The molecule has 0 bridgehead atoms. The third-order valence-corrected chi connectivity index (χ3v) is 4.03. The fourth-order valence-corrected chi connectivity index (χ4v) is 2.78. The van der Waals surface area contributed by atoms with Crippen LogP contribution in [0.1, 0.15) is 24.6 Å². The number of ether oxygens (including phenoxy) is 2. The molecule has 0 radical (unpaired) electrons. The molecule has 1 aromatic carbocycles.